The third-order valence-corrected chi connectivity index (χ3v) is 2.38. The maximum absolute atomic E-state index is 12.6. The Kier molecular flexibility index (Phi) is 4.57. The molecule has 0 saturated heterocycles. The molecule has 94 valence electrons. The molecule has 1 aromatic rings. The number of halogens is 1. The Balaban J connectivity index is 2.53. The van der Waals surface area contributed by atoms with Gasteiger partial charge in [0.2, 0.25) is 0 Å². The molecule has 0 aliphatic heterocycles. The zero-order valence-electron chi connectivity index (χ0n) is 10.0. The van der Waals surface area contributed by atoms with E-state index in [4.69, 9.17) is 0 Å². The quantitative estimate of drug-likeness (QED) is 0.820. The van der Waals surface area contributed by atoms with Crippen molar-refractivity contribution in [1.82, 2.24) is 10.3 Å². The summed E-state index contributed by atoms with van der Waals surface area (Å²) in [7, 11) is 0. The van der Waals surface area contributed by atoms with Gasteiger partial charge in [0.15, 0.2) is 0 Å². The molecule has 5 heteroatoms. The molecule has 0 spiro atoms. The third-order valence-electron chi connectivity index (χ3n) is 2.38. The van der Waals surface area contributed by atoms with Gasteiger partial charge in [0.1, 0.15) is 11.5 Å². The third kappa shape index (κ3) is 4.48. The van der Waals surface area contributed by atoms with Crippen LogP contribution < -0.4 is 5.32 Å². The minimum absolute atomic E-state index is 0.138. The molecule has 0 fully saturated rings. The Morgan fingerprint density at radius 1 is 1.59 bits per heavy atom. The largest absolute Gasteiger partial charge is 0.388 e. The first-order valence-electron chi connectivity index (χ1n) is 5.57. The first-order valence-corrected chi connectivity index (χ1v) is 5.57. The van der Waals surface area contributed by atoms with Gasteiger partial charge in [-0.05, 0) is 25.5 Å². The molecule has 4 nitrogen and oxygen atoms in total. The van der Waals surface area contributed by atoms with Crippen LogP contribution in [0, 0.1) is 5.82 Å². The molecule has 2 N–H and O–H groups in total. The summed E-state index contributed by atoms with van der Waals surface area (Å²) in [6.07, 6.45) is 2.42. The zero-order valence-corrected chi connectivity index (χ0v) is 10.0. The zero-order chi connectivity index (χ0) is 12.9. The number of hydrogen-bond acceptors (Lipinski definition) is 3. The second-order valence-electron chi connectivity index (χ2n) is 4.29. The highest BCUT2D eigenvalue weighted by Crippen LogP contribution is 2.10. The Labute approximate surface area is 99.9 Å². The molecule has 0 aliphatic rings. The van der Waals surface area contributed by atoms with Crippen LogP contribution in [0.3, 0.4) is 0 Å². The van der Waals surface area contributed by atoms with Crippen LogP contribution in [0.25, 0.3) is 0 Å². The molecule has 0 radical (unpaired) electrons. The average Bonchev–Trinajstić information content (AvgIpc) is 2.27. The molecule has 1 amide bonds. The molecular weight excluding hydrogens is 223 g/mol. The minimum atomic E-state index is -0.926. The lowest BCUT2D eigenvalue weighted by molar-refractivity contribution is 0.0468. The summed E-state index contributed by atoms with van der Waals surface area (Å²) in [5, 5.41) is 12.4. The summed E-state index contributed by atoms with van der Waals surface area (Å²) in [6.45, 7) is 3.77. The van der Waals surface area contributed by atoms with Gasteiger partial charge in [0.05, 0.1) is 11.8 Å². The van der Waals surface area contributed by atoms with E-state index in [0.29, 0.717) is 6.42 Å². The average molecular weight is 240 g/mol. The van der Waals surface area contributed by atoms with E-state index in [1.165, 1.54) is 12.1 Å². The van der Waals surface area contributed by atoms with Gasteiger partial charge in [-0.15, -0.1) is 0 Å². The van der Waals surface area contributed by atoms with E-state index >= 15 is 0 Å². The number of nitrogens with zero attached hydrogens (tertiary/aromatic N) is 1. The molecule has 1 heterocycles. The Morgan fingerprint density at radius 2 is 2.29 bits per heavy atom. The number of aromatic nitrogens is 1. The maximum Gasteiger partial charge on any atom is 0.269 e. The Bertz CT molecular complexity index is 377. The van der Waals surface area contributed by atoms with Crippen molar-refractivity contribution in [3.63, 3.8) is 0 Å². The van der Waals surface area contributed by atoms with Gasteiger partial charge in [0, 0.05) is 6.54 Å². The normalized spacial score (nSPS) is 14.1. The van der Waals surface area contributed by atoms with Crippen LogP contribution >= 0.6 is 0 Å². The number of carbonyl (C=O) groups excluding carboxylic acids is 1. The Morgan fingerprint density at radius 3 is 2.82 bits per heavy atom. The highest BCUT2D eigenvalue weighted by Gasteiger charge is 2.20. The Hall–Kier alpha value is -1.49. The van der Waals surface area contributed by atoms with Gasteiger partial charge in [0.25, 0.3) is 5.91 Å². The van der Waals surface area contributed by atoms with E-state index in [1.807, 2.05) is 6.92 Å². The molecule has 17 heavy (non-hydrogen) atoms. The number of aliphatic hydroxyl groups is 1. The first-order chi connectivity index (χ1) is 7.94. The second-order valence-corrected chi connectivity index (χ2v) is 4.29. The number of nitrogens with one attached hydrogen (secondary N) is 1. The highest BCUT2D eigenvalue weighted by molar-refractivity contribution is 5.92. The van der Waals surface area contributed by atoms with Crippen LogP contribution in [0.1, 0.15) is 37.2 Å². The minimum Gasteiger partial charge on any atom is -0.388 e. The summed E-state index contributed by atoms with van der Waals surface area (Å²) >= 11 is 0. The number of hydrogen-bond donors (Lipinski definition) is 2. The predicted molar refractivity (Wildman–Crippen MR) is 62.1 cm³/mol. The van der Waals surface area contributed by atoms with E-state index in [0.717, 1.165) is 12.6 Å². The van der Waals surface area contributed by atoms with Crippen LogP contribution in [-0.4, -0.2) is 28.1 Å². The van der Waals surface area contributed by atoms with E-state index in [1.54, 1.807) is 6.92 Å². The maximum atomic E-state index is 12.6. The molecule has 0 bridgehead atoms. The summed E-state index contributed by atoms with van der Waals surface area (Å²) in [4.78, 5) is 15.3. The topological polar surface area (TPSA) is 62.2 Å². The van der Waals surface area contributed by atoms with Crippen molar-refractivity contribution >= 4 is 5.91 Å². The molecular formula is C12H17FN2O2. The highest BCUT2D eigenvalue weighted by atomic mass is 19.1. The van der Waals surface area contributed by atoms with E-state index in [9.17, 15) is 14.3 Å². The van der Waals surface area contributed by atoms with Crippen molar-refractivity contribution in [2.75, 3.05) is 6.54 Å². The molecule has 1 atom stereocenters. The van der Waals surface area contributed by atoms with Gasteiger partial charge < -0.3 is 10.4 Å². The number of rotatable bonds is 5. The van der Waals surface area contributed by atoms with Crippen LogP contribution in [0.15, 0.2) is 18.3 Å². The molecule has 0 saturated carbocycles. The second kappa shape index (κ2) is 5.72. The van der Waals surface area contributed by atoms with E-state index in [-0.39, 0.29) is 12.2 Å². The van der Waals surface area contributed by atoms with Gasteiger partial charge >= 0.3 is 0 Å². The fourth-order valence-electron chi connectivity index (χ4n) is 1.50. The summed E-state index contributed by atoms with van der Waals surface area (Å²) in [5.74, 6) is -0.902. The summed E-state index contributed by atoms with van der Waals surface area (Å²) in [6, 6.07) is 2.48. The lowest BCUT2D eigenvalue weighted by atomic mass is 10.0. The van der Waals surface area contributed by atoms with Crippen LogP contribution in [0.2, 0.25) is 0 Å². The number of amides is 1. The molecule has 0 aliphatic carbocycles. The van der Waals surface area contributed by atoms with Crippen LogP contribution in [0.4, 0.5) is 4.39 Å². The van der Waals surface area contributed by atoms with Gasteiger partial charge in [-0.3, -0.25) is 4.79 Å². The predicted octanol–water partition coefficient (Wildman–Crippen LogP) is 1.50. The van der Waals surface area contributed by atoms with Gasteiger partial charge in [-0.25, -0.2) is 9.37 Å². The molecule has 1 aromatic heterocycles. The lowest BCUT2D eigenvalue weighted by Gasteiger charge is -2.22. The summed E-state index contributed by atoms with van der Waals surface area (Å²) < 4.78 is 12.6. The number of pyridine rings is 1. The van der Waals surface area contributed by atoms with Crippen molar-refractivity contribution < 1.29 is 14.3 Å². The molecule has 1 rings (SSSR count). The van der Waals surface area contributed by atoms with Crippen LogP contribution in [0.5, 0.6) is 0 Å². The number of carbonyl (C=O) groups is 1. The lowest BCUT2D eigenvalue weighted by Crippen LogP contribution is -2.40. The fourth-order valence-corrected chi connectivity index (χ4v) is 1.50. The van der Waals surface area contributed by atoms with Crippen LogP contribution in [-0.2, 0) is 0 Å². The van der Waals surface area contributed by atoms with Gasteiger partial charge in [-0.2, -0.15) is 0 Å². The standard InChI is InChI=1S/C12H17FN2O2/c1-3-6-12(2,17)8-15-11(16)10-5-4-9(13)7-14-10/h4-5,7,17H,3,6,8H2,1-2H3,(H,15,16). The van der Waals surface area contributed by atoms with Crippen molar-refractivity contribution in [2.24, 2.45) is 0 Å². The van der Waals surface area contributed by atoms with E-state index < -0.39 is 17.3 Å². The van der Waals surface area contributed by atoms with Gasteiger partial charge in [-0.1, -0.05) is 13.3 Å². The van der Waals surface area contributed by atoms with Crippen molar-refractivity contribution in [1.29, 1.82) is 0 Å². The van der Waals surface area contributed by atoms with Crippen molar-refractivity contribution in [2.45, 2.75) is 32.3 Å². The SMILES string of the molecule is CCCC(C)(O)CNC(=O)c1ccc(F)cn1. The first kappa shape index (κ1) is 13.6. The summed E-state index contributed by atoms with van der Waals surface area (Å²) in [5.41, 5.74) is -0.788. The van der Waals surface area contributed by atoms with Crippen molar-refractivity contribution in [3.8, 4) is 0 Å². The van der Waals surface area contributed by atoms with E-state index in [2.05, 4.69) is 10.3 Å². The monoisotopic (exact) mass is 240 g/mol. The van der Waals surface area contributed by atoms with Crippen molar-refractivity contribution in [3.05, 3.63) is 29.8 Å². The molecule has 0 aromatic carbocycles. The molecule has 1 unspecified atom stereocenters. The fraction of sp³-hybridized carbons (Fsp3) is 0.500. The smallest absolute Gasteiger partial charge is 0.269 e.